The number of rotatable bonds is 5. The van der Waals surface area contributed by atoms with Gasteiger partial charge in [0.1, 0.15) is 0 Å². The molecule has 0 saturated carbocycles. The van der Waals surface area contributed by atoms with Gasteiger partial charge in [0, 0.05) is 18.5 Å². The summed E-state index contributed by atoms with van der Waals surface area (Å²) in [5.41, 5.74) is 6.73. The van der Waals surface area contributed by atoms with E-state index in [0.29, 0.717) is 17.1 Å². The van der Waals surface area contributed by atoms with Crippen molar-refractivity contribution in [3.8, 4) is 5.69 Å². The first-order valence-corrected chi connectivity index (χ1v) is 10.2. The number of benzene rings is 2. The summed E-state index contributed by atoms with van der Waals surface area (Å²) in [7, 11) is -3.37. The Balaban J connectivity index is 2.14. The molecular formula is C20H18N4O3S. The normalized spacial score (nSPS) is 12.4. The summed E-state index contributed by atoms with van der Waals surface area (Å²) < 4.78 is 25.1. The van der Waals surface area contributed by atoms with E-state index in [9.17, 15) is 13.2 Å². The van der Waals surface area contributed by atoms with E-state index >= 15 is 0 Å². The molecule has 0 radical (unpaired) electrons. The third-order valence-electron chi connectivity index (χ3n) is 3.82. The topological polar surface area (TPSA) is 107 Å². The van der Waals surface area contributed by atoms with E-state index in [1.165, 1.54) is 41.4 Å². The molecule has 7 nitrogen and oxygen atoms in total. The highest BCUT2D eigenvalue weighted by molar-refractivity contribution is 7.90. The van der Waals surface area contributed by atoms with Crippen molar-refractivity contribution in [2.24, 2.45) is 10.7 Å². The molecule has 0 aliphatic carbocycles. The Hall–Kier alpha value is -3.52. The molecule has 0 unspecified atom stereocenters. The second kappa shape index (κ2) is 8.01. The molecular weight excluding hydrogens is 376 g/mol. The minimum atomic E-state index is -3.37. The van der Waals surface area contributed by atoms with Crippen LogP contribution >= 0.6 is 0 Å². The van der Waals surface area contributed by atoms with Crippen LogP contribution in [0.3, 0.4) is 0 Å². The van der Waals surface area contributed by atoms with E-state index in [4.69, 9.17) is 5.73 Å². The number of para-hydroxylation sites is 1. The second-order valence-corrected chi connectivity index (χ2v) is 7.95. The average Bonchev–Trinajstić information content (AvgIpc) is 2.68. The van der Waals surface area contributed by atoms with E-state index in [1.807, 2.05) is 18.2 Å². The van der Waals surface area contributed by atoms with E-state index in [0.717, 1.165) is 6.26 Å². The van der Waals surface area contributed by atoms with Gasteiger partial charge in [0.25, 0.3) is 0 Å². The molecule has 8 heteroatoms. The van der Waals surface area contributed by atoms with Gasteiger partial charge in [-0.3, -0.25) is 4.79 Å². The molecule has 1 heterocycles. The monoisotopic (exact) mass is 394 g/mol. The molecule has 0 fully saturated rings. The Morgan fingerprint density at radius 3 is 2.54 bits per heavy atom. The number of hydrogen-bond donors (Lipinski definition) is 1. The summed E-state index contributed by atoms with van der Waals surface area (Å²) in [6.45, 7) is 0. The van der Waals surface area contributed by atoms with Crippen LogP contribution in [-0.2, 0) is 9.84 Å². The van der Waals surface area contributed by atoms with Crippen LogP contribution in [0.4, 0.5) is 5.69 Å². The quantitative estimate of drug-likeness (QED) is 0.668. The number of sulfone groups is 1. The Kier molecular flexibility index (Phi) is 5.51. The summed E-state index contributed by atoms with van der Waals surface area (Å²) in [6.07, 6.45) is 5.38. The Bertz CT molecular complexity index is 1210. The number of aliphatic imine (C=N–C) groups is 1. The summed E-state index contributed by atoms with van der Waals surface area (Å²) >= 11 is 0. The first kappa shape index (κ1) is 19.2. The minimum absolute atomic E-state index is 0.0952. The van der Waals surface area contributed by atoms with Gasteiger partial charge in [0.15, 0.2) is 15.5 Å². The molecule has 0 aliphatic rings. The fourth-order valence-corrected chi connectivity index (χ4v) is 3.15. The fourth-order valence-electron chi connectivity index (χ4n) is 2.49. The van der Waals surface area contributed by atoms with Gasteiger partial charge in [-0.25, -0.2) is 18.1 Å². The van der Waals surface area contributed by atoms with E-state index in [2.05, 4.69) is 10.1 Å². The number of aromatic nitrogens is 2. The molecule has 3 aromatic rings. The zero-order chi connectivity index (χ0) is 20.1. The summed E-state index contributed by atoms with van der Waals surface area (Å²) in [4.78, 5) is 17.0. The van der Waals surface area contributed by atoms with Crippen LogP contribution < -0.4 is 11.2 Å². The third kappa shape index (κ3) is 4.41. The van der Waals surface area contributed by atoms with Gasteiger partial charge >= 0.3 is 0 Å². The van der Waals surface area contributed by atoms with Crippen LogP contribution in [0.1, 0.15) is 5.69 Å². The molecule has 28 heavy (non-hydrogen) atoms. The molecule has 0 amide bonds. The zero-order valence-electron chi connectivity index (χ0n) is 15.1. The molecule has 2 N–H and O–H groups in total. The van der Waals surface area contributed by atoms with Crippen LogP contribution in [0.5, 0.6) is 0 Å². The molecule has 2 aromatic carbocycles. The maximum absolute atomic E-state index is 12.4. The van der Waals surface area contributed by atoms with Gasteiger partial charge in [0.2, 0.25) is 5.43 Å². The van der Waals surface area contributed by atoms with Gasteiger partial charge in [-0.15, -0.1) is 0 Å². The fraction of sp³-hybridized carbons (Fsp3) is 0.0500. The van der Waals surface area contributed by atoms with Crippen LogP contribution in [0.2, 0.25) is 0 Å². The van der Waals surface area contributed by atoms with Crippen molar-refractivity contribution in [1.82, 2.24) is 9.78 Å². The van der Waals surface area contributed by atoms with Crippen molar-refractivity contribution in [3.63, 3.8) is 0 Å². The standard InChI is InChI=1S/C20H18N4O3S/c1-28(26,27)17-9-5-8-16(14-17)24-13-11-19(25)20(23-24)18(10-12-21)22-15-6-3-2-4-7-15/h2-14H,21H2,1H3. The lowest BCUT2D eigenvalue weighted by atomic mass is 10.2. The van der Waals surface area contributed by atoms with Gasteiger partial charge in [-0.2, -0.15) is 5.10 Å². The lowest BCUT2D eigenvalue weighted by Gasteiger charge is -2.09. The van der Waals surface area contributed by atoms with Crippen molar-refractivity contribution in [1.29, 1.82) is 0 Å². The number of allylic oxidation sites excluding steroid dienone is 1. The van der Waals surface area contributed by atoms with Crippen LogP contribution in [-0.4, -0.2) is 30.2 Å². The summed E-state index contributed by atoms with van der Waals surface area (Å²) in [5, 5.41) is 4.35. The number of hydrogen-bond acceptors (Lipinski definition) is 6. The van der Waals surface area contributed by atoms with Crippen molar-refractivity contribution in [3.05, 3.63) is 95.1 Å². The number of nitrogens with two attached hydrogens (primary N) is 1. The average molecular weight is 394 g/mol. The second-order valence-electron chi connectivity index (χ2n) is 5.93. The molecule has 1 aromatic heterocycles. The van der Waals surface area contributed by atoms with Crippen molar-refractivity contribution < 1.29 is 8.42 Å². The van der Waals surface area contributed by atoms with Crippen LogP contribution in [0, 0.1) is 0 Å². The first-order chi connectivity index (χ1) is 13.4. The molecule has 0 spiro atoms. The number of nitrogens with zero attached hydrogens (tertiary/aromatic N) is 3. The van der Waals surface area contributed by atoms with Crippen molar-refractivity contribution in [2.45, 2.75) is 4.90 Å². The van der Waals surface area contributed by atoms with Gasteiger partial charge in [-0.1, -0.05) is 24.3 Å². The predicted octanol–water partition coefficient (Wildman–Crippen LogP) is 2.23. The van der Waals surface area contributed by atoms with Gasteiger partial charge < -0.3 is 5.73 Å². The van der Waals surface area contributed by atoms with Crippen molar-refractivity contribution >= 4 is 21.2 Å². The Morgan fingerprint density at radius 2 is 1.86 bits per heavy atom. The smallest absolute Gasteiger partial charge is 0.209 e. The molecule has 0 saturated heterocycles. The maximum Gasteiger partial charge on any atom is 0.209 e. The highest BCUT2D eigenvalue weighted by Crippen LogP contribution is 2.15. The molecule has 3 rings (SSSR count). The maximum atomic E-state index is 12.4. The molecule has 0 atom stereocenters. The Morgan fingerprint density at radius 1 is 1.11 bits per heavy atom. The Labute approximate surface area is 162 Å². The van der Waals surface area contributed by atoms with Crippen molar-refractivity contribution in [2.75, 3.05) is 6.26 Å². The van der Waals surface area contributed by atoms with E-state index in [1.54, 1.807) is 24.3 Å². The zero-order valence-corrected chi connectivity index (χ0v) is 15.9. The van der Waals surface area contributed by atoms with E-state index < -0.39 is 9.84 Å². The molecule has 142 valence electrons. The van der Waals surface area contributed by atoms with Crippen LogP contribution in [0.25, 0.3) is 5.69 Å². The first-order valence-electron chi connectivity index (χ1n) is 8.31. The minimum Gasteiger partial charge on any atom is -0.405 e. The lowest BCUT2D eigenvalue weighted by molar-refractivity contribution is 0.601. The summed E-state index contributed by atoms with van der Waals surface area (Å²) in [5.74, 6) is 0. The van der Waals surface area contributed by atoms with E-state index in [-0.39, 0.29) is 16.0 Å². The van der Waals surface area contributed by atoms with Gasteiger partial charge in [-0.05, 0) is 42.6 Å². The van der Waals surface area contributed by atoms with Gasteiger partial charge in [0.05, 0.1) is 22.0 Å². The van der Waals surface area contributed by atoms with Crippen LogP contribution in [0.15, 0.2) is 93.8 Å². The predicted molar refractivity (Wildman–Crippen MR) is 109 cm³/mol. The lowest BCUT2D eigenvalue weighted by Crippen LogP contribution is -2.20. The third-order valence-corrected chi connectivity index (χ3v) is 4.93. The summed E-state index contributed by atoms with van der Waals surface area (Å²) in [6, 6.07) is 16.8. The molecule has 0 aliphatic heterocycles. The highest BCUT2D eigenvalue weighted by Gasteiger charge is 2.12. The SMILES string of the molecule is CS(=O)(=O)c1cccc(-n2ccc(=O)c(C(C=CN)=Nc3ccccc3)n2)c1. The molecule has 0 bridgehead atoms. The largest absolute Gasteiger partial charge is 0.405 e. The highest BCUT2D eigenvalue weighted by atomic mass is 32.2.